The molecule has 7 atom stereocenters. The zero-order valence-corrected chi connectivity index (χ0v) is 74.2. The molecule has 0 aromatic rings. The van der Waals surface area contributed by atoms with Crippen molar-refractivity contribution in [1.29, 1.82) is 0 Å². The molecule has 572 valence electrons. The fourth-order valence-electron chi connectivity index (χ4n) is 11.7. The van der Waals surface area contributed by atoms with Gasteiger partial charge in [-0.25, -0.2) is 0 Å². The molecular weight excluding hydrogens is 1120 g/mol. The van der Waals surface area contributed by atoms with Crippen molar-refractivity contribution in [2.45, 2.75) is 407 Å². The Morgan fingerprint density at radius 3 is 0.500 bits per heavy atom. The monoisotopic (exact) mass is 1320 g/mol. The van der Waals surface area contributed by atoms with E-state index in [0.29, 0.717) is 91.0 Å². The third-order valence-electron chi connectivity index (χ3n) is 20.6. The van der Waals surface area contributed by atoms with E-state index in [-0.39, 0.29) is 0 Å². The Labute approximate surface area is 590 Å². The second kappa shape index (κ2) is 59.6. The van der Waals surface area contributed by atoms with E-state index in [9.17, 15) is 0 Å². The van der Waals surface area contributed by atoms with Crippen LogP contribution in [-0.2, 0) is 14.2 Å². The number of methoxy groups -OCH3 is 3. The highest BCUT2D eigenvalue weighted by atomic mass is 16.5. The molecule has 0 aliphatic rings. The van der Waals surface area contributed by atoms with Gasteiger partial charge in [-0.1, -0.05) is 382 Å². The zero-order valence-electron chi connectivity index (χ0n) is 74.2. The van der Waals surface area contributed by atoms with Crippen molar-refractivity contribution < 1.29 is 24.4 Å². The van der Waals surface area contributed by atoms with Gasteiger partial charge in [0.05, 0.1) is 0 Å². The third kappa shape index (κ3) is 77.2. The van der Waals surface area contributed by atoms with Crippen molar-refractivity contribution in [2.75, 3.05) is 54.4 Å². The predicted octanol–water partition coefficient (Wildman–Crippen LogP) is 29.3. The van der Waals surface area contributed by atoms with E-state index < -0.39 is 0 Å². The second-order valence-corrected chi connectivity index (χ2v) is 38.5. The summed E-state index contributed by atoms with van der Waals surface area (Å²) >= 11 is 0. The van der Waals surface area contributed by atoms with Gasteiger partial charge in [-0.05, 0) is 133 Å². The Balaban J connectivity index is -0.000000102. The molecule has 0 amide bonds. The van der Waals surface area contributed by atoms with Crippen LogP contribution in [0.15, 0.2) is 0 Å². The molecule has 0 aliphatic heterocycles. The van der Waals surface area contributed by atoms with Crippen LogP contribution in [0, 0.1) is 107 Å². The molecule has 5 heteroatoms. The first-order valence-electron chi connectivity index (χ1n) is 38.8. The molecule has 0 rings (SSSR count). The summed E-state index contributed by atoms with van der Waals surface area (Å²) in [6.45, 7) is 103. The Morgan fingerprint density at radius 1 is 0.250 bits per heavy atom. The molecule has 0 fully saturated rings. The smallest absolute Gasteiger partial charge is 0.0495 e. The molecule has 0 bridgehead atoms. The fraction of sp³-hybridized carbons (Fsp3) is 1.00. The molecule has 0 saturated carbocycles. The van der Waals surface area contributed by atoms with Gasteiger partial charge in [-0.3, -0.25) is 0 Å². The van der Waals surface area contributed by atoms with Gasteiger partial charge in [0, 0.05) is 54.4 Å². The van der Waals surface area contributed by atoms with E-state index >= 15 is 0 Å². The highest BCUT2D eigenvalue weighted by molar-refractivity contribution is 4.77. The quantitative estimate of drug-likeness (QED) is 0.107. The van der Waals surface area contributed by atoms with E-state index in [0.717, 1.165) is 62.3 Å². The van der Waals surface area contributed by atoms with Crippen molar-refractivity contribution in [1.82, 2.24) is 0 Å². The van der Waals surface area contributed by atoms with Gasteiger partial charge < -0.3 is 24.4 Å². The molecule has 0 aromatic heterocycles. The first-order valence-corrected chi connectivity index (χ1v) is 38.8. The lowest BCUT2D eigenvalue weighted by Gasteiger charge is -2.29. The van der Waals surface area contributed by atoms with Crippen molar-refractivity contribution >= 4 is 0 Å². The molecule has 0 spiro atoms. The van der Waals surface area contributed by atoms with Crippen LogP contribution in [0.1, 0.15) is 407 Å². The lowest BCUT2D eigenvalue weighted by molar-refractivity contribution is 0.0876. The Morgan fingerprint density at radius 2 is 0.446 bits per heavy atom. The number of ether oxygens (including phenoxy) is 3. The maximum absolute atomic E-state index is 8.73. The summed E-state index contributed by atoms with van der Waals surface area (Å²) in [5.74, 6) is 7.01. The highest BCUT2D eigenvalue weighted by Gasteiger charge is 2.27. The molecule has 92 heavy (non-hydrogen) atoms. The van der Waals surface area contributed by atoms with E-state index in [1.807, 2.05) is 0 Å². The van der Waals surface area contributed by atoms with E-state index in [4.69, 9.17) is 24.4 Å². The van der Waals surface area contributed by atoms with Gasteiger partial charge in [0.15, 0.2) is 0 Å². The van der Waals surface area contributed by atoms with Crippen LogP contribution >= 0.6 is 0 Å². The Hall–Kier alpha value is -0.200. The zero-order chi connectivity index (χ0) is 76.2. The van der Waals surface area contributed by atoms with Crippen LogP contribution in [0.3, 0.4) is 0 Å². The van der Waals surface area contributed by atoms with Crippen molar-refractivity contribution in [3.63, 3.8) is 0 Å². The van der Waals surface area contributed by atoms with Gasteiger partial charge in [-0.15, -0.1) is 0 Å². The third-order valence-corrected chi connectivity index (χ3v) is 20.6. The van der Waals surface area contributed by atoms with Crippen LogP contribution < -0.4 is 0 Å². The van der Waals surface area contributed by atoms with E-state index in [2.05, 4.69) is 305 Å². The van der Waals surface area contributed by atoms with Gasteiger partial charge in [-0.2, -0.15) is 0 Å². The summed E-state index contributed by atoms with van der Waals surface area (Å²) in [6, 6.07) is 0. The summed E-state index contributed by atoms with van der Waals surface area (Å²) in [7, 11) is 5.32. The molecule has 0 aliphatic carbocycles. The Bertz CT molecular complexity index is 1300. The van der Waals surface area contributed by atoms with E-state index in [1.54, 1.807) is 21.3 Å². The summed E-state index contributed by atoms with van der Waals surface area (Å²) in [4.78, 5) is 0. The largest absolute Gasteiger partial charge is 0.396 e. The van der Waals surface area contributed by atoms with Crippen LogP contribution in [0.5, 0.6) is 0 Å². The average Bonchev–Trinajstić information content (AvgIpc) is 1.64. The minimum atomic E-state index is 0.329. The molecule has 0 unspecified atom stereocenters. The summed E-state index contributed by atoms with van der Waals surface area (Å²) < 4.78 is 15.3. The number of aliphatic hydroxyl groups is 2. The normalized spacial score (nSPS) is 14.6. The first-order chi connectivity index (χ1) is 41.2. The van der Waals surface area contributed by atoms with Gasteiger partial charge in [0.2, 0.25) is 0 Å². The van der Waals surface area contributed by atoms with Crippen LogP contribution in [-0.4, -0.2) is 64.6 Å². The van der Waals surface area contributed by atoms with Crippen LogP contribution in [0.4, 0.5) is 0 Å². The van der Waals surface area contributed by atoms with Crippen LogP contribution in [0.2, 0.25) is 0 Å². The molecule has 0 heterocycles. The number of hydrogen-bond acceptors (Lipinski definition) is 5. The standard InChI is InChI=1S/C10H22O.4C9H20O.2C9H20.2C8H18.C7H16/c1-6-9(7-8-11-5)10(2,3)4;2*1-6-8(7-10-5)9(2,3)4;2*1-5-8(6-7-10)9(2,3)4;2*1-6-8(7-2)9(3,4)5;2*1-6-7(2)8(3,4)5;1-5-6-7(2,3)4/h9H,6-8H2,1-5H3;2*8H,6-7H2,1-5H3;2*8,10H,5-7H2,1-4H3;2*8H,6-7H2,1-5H3;2*7H,6H2,1-5H3;5-6H2,1-4H3/t9-;4*8-;;;2*7-;/m11010..10./s1. The Kier molecular flexibility index (Phi) is 73.3. The first kappa shape index (κ1) is 113. The minimum absolute atomic E-state index is 0.329. The lowest BCUT2D eigenvalue weighted by Crippen LogP contribution is -2.23. The summed E-state index contributed by atoms with van der Waals surface area (Å²) in [5, 5.41) is 17.5. The average molecular weight is 1320 g/mol. The molecule has 5 nitrogen and oxygen atoms in total. The molecular formula is C87H194O5. The van der Waals surface area contributed by atoms with Crippen molar-refractivity contribution in [3.05, 3.63) is 0 Å². The van der Waals surface area contributed by atoms with Crippen LogP contribution in [0.25, 0.3) is 0 Å². The number of hydrogen-bond donors (Lipinski definition) is 2. The molecule has 0 saturated heterocycles. The maximum Gasteiger partial charge on any atom is 0.0495 e. The second-order valence-electron chi connectivity index (χ2n) is 38.5. The van der Waals surface area contributed by atoms with E-state index in [1.165, 1.54) is 89.9 Å². The van der Waals surface area contributed by atoms with Gasteiger partial charge >= 0.3 is 0 Å². The number of aliphatic hydroxyl groups excluding tert-OH is 2. The minimum Gasteiger partial charge on any atom is -0.396 e. The molecule has 0 aromatic carbocycles. The lowest BCUT2D eigenvalue weighted by atomic mass is 9.77. The van der Waals surface area contributed by atoms with Gasteiger partial charge in [0.1, 0.15) is 0 Å². The molecule has 0 radical (unpaired) electrons. The maximum atomic E-state index is 8.73. The summed E-state index contributed by atoms with van der Waals surface area (Å²) in [5.41, 5.74) is 4.54. The van der Waals surface area contributed by atoms with Crippen molar-refractivity contribution in [3.8, 4) is 0 Å². The molecule has 2 N–H and O–H groups in total. The highest BCUT2D eigenvalue weighted by Crippen LogP contribution is 2.35. The fourth-order valence-corrected chi connectivity index (χ4v) is 11.7. The summed E-state index contributed by atoms with van der Waals surface area (Å²) in [6.07, 6.45) is 19.6. The van der Waals surface area contributed by atoms with Crippen molar-refractivity contribution in [2.24, 2.45) is 107 Å². The van der Waals surface area contributed by atoms with Gasteiger partial charge in [0.25, 0.3) is 0 Å². The predicted molar refractivity (Wildman–Crippen MR) is 429 cm³/mol. The SMILES string of the molecule is CCC(CC)C(C)(C)C.CCC(CC)C(C)(C)C.CCCC(C)(C)C.CC[C@@H](C)C(C)(C)C.CC[C@@H](CCO)C(C)(C)C.CC[C@@H](COC)C(C)(C)C.CC[C@H](C)C(C)(C)C.CC[C@H](CCO)C(C)(C)C.CC[C@H](CCOC)C(C)(C)C.CC[C@H](COC)C(C)(C)C. The number of rotatable bonds is 23. The topological polar surface area (TPSA) is 68.2 Å².